The van der Waals surface area contributed by atoms with Gasteiger partial charge in [0.1, 0.15) is 6.10 Å². The van der Waals surface area contributed by atoms with Gasteiger partial charge in [-0.1, -0.05) is 13.3 Å². The van der Waals surface area contributed by atoms with Crippen LogP contribution in [0.4, 0.5) is 4.79 Å². The van der Waals surface area contributed by atoms with Gasteiger partial charge in [-0.3, -0.25) is 0 Å². The second-order valence-electron chi connectivity index (χ2n) is 4.44. The van der Waals surface area contributed by atoms with E-state index in [1.54, 1.807) is 0 Å². The average molecular weight is 200 g/mol. The van der Waals surface area contributed by atoms with E-state index in [0.29, 0.717) is 0 Å². The Morgan fingerprint density at radius 3 is 2.64 bits per heavy atom. The lowest BCUT2D eigenvalue weighted by Crippen LogP contribution is -2.52. The monoisotopic (exact) mass is 200 g/mol. The summed E-state index contributed by atoms with van der Waals surface area (Å²) in [7, 11) is 0. The van der Waals surface area contributed by atoms with Crippen LogP contribution in [0.2, 0.25) is 0 Å². The van der Waals surface area contributed by atoms with Crippen LogP contribution in [0.3, 0.4) is 0 Å². The van der Waals surface area contributed by atoms with Crippen molar-refractivity contribution in [3.8, 4) is 0 Å². The van der Waals surface area contributed by atoms with E-state index >= 15 is 0 Å². The van der Waals surface area contributed by atoms with E-state index in [1.807, 2.05) is 13.8 Å². The maximum absolute atomic E-state index is 11.4. The minimum atomic E-state index is -0.296. The summed E-state index contributed by atoms with van der Waals surface area (Å²) in [5.74, 6) is 0. The van der Waals surface area contributed by atoms with Gasteiger partial charge in [0.05, 0.1) is 0 Å². The highest BCUT2D eigenvalue weighted by molar-refractivity contribution is 5.68. The molecule has 0 aromatic rings. The van der Waals surface area contributed by atoms with Crippen LogP contribution in [0.1, 0.15) is 33.6 Å². The Balaban J connectivity index is 2.23. The Hall–Kier alpha value is -0.770. The largest absolute Gasteiger partial charge is 0.444 e. The van der Waals surface area contributed by atoms with Crippen LogP contribution in [-0.4, -0.2) is 30.8 Å². The molecule has 4 nitrogen and oxygen atoms in total. The van der Waals surface area contributed by atoms with E-state index in [-0.39, 0.29) is 17.7 Å². The van der Waals surface area contributed by atoms with E-state index in [9.17, 15) is 4.79 Å². The van der Waals surface area contributed by atoms with Crippen LogP contribution < -0.4 is 10.6 Å². The minimum Gasteiger partial charge on any atom is -0.444 e. The number of rotatable bonds is 4. The summed E-state index contributed by atoms with van der Waals surface area (Å²) in [6.45, 7) is 7.68. The van der Waals surface area contributed by atoms with E-state index in [1.165, 1.54) is 0 Å². The molecular formula is C10H20N2O2. The van der Waals surface area contributed by atoms with Crippen molar-refractivity contribution >= 4 is 6.09 Å². The van der Waals surface area contributed by atoms with Crippen LogP contribution in [0.15, 0.2) is 0 Å². The Labute approximate surface area is 85.4 Å². The molecule has 0 unspecified atom stereocenters. The summed E-state index contributed by atoms with van der Waals surface area (Å²) in [5, 5.41) is 5.92. The van der Waals surface area contributed by atoms with Crippen LogP contribution in [0, 0.1) is 0 Å². The fourth-order valence-corrected chi connectivity index (χ4v) is 1.49. The zero-order valence-electron chi connectivity index (χ0n) is 9.22. The molecule has 2 N–H and O–H groups in total. The summed E-state index contributed by atoms with van der Waals surface area (Å²) >= 11 is 0. The fourth-order valence-electron chi connectivity index (χ4n) is 1.49. The highest BCUT2D eigenvalue weighted by Gasteiger charge is 2.25. The van der Waals surface area contributed by atoms with E-state index in [2.05, 4.69) is 17.6 Å². The van der Waals surface area contributed by atoms with Crippen molar-refractivity contribution in [2.45, 2.75) is 45.3 Å². The van der Waals surface area contributed by atoms with E-state index in [0.717, 1.165) is 25.9 Å². The fraction of sp³-hybridized carbons (Fsp3) is 0.900. The third kappa shape index (κ3) is 3.54. The average Bonchev–Trinajstić information content (AvgIpc) is 1.95. The highest BCUT2D eigenvalue weighted by atomic mass is 16.6. The lowest BCUT2D eigenvalue weighted by molar-refractivity contribution is 0.0610. The van der Waals surface area contributed by atoms with Crippen molar-refractivity contribution in [2.75, 3.05) is 13.1 Å². The summed E-state index contributed by atoms with van der Waals surface area (Å²) in [5.41, 5.74) is -0.164. The second kappa shape index (κ2) is 4.64. The third-order valence-electron chi connectivity index (χ3n) is 2.33. The normalized spacial score (nSPS) is 17.4. The van der Waals surface area contributed by atoms with Gasteiger partial charge in [-0.25, -0.2) is 4.79 Å². The van der Waals surface area contributed by atoms with Crippen LogP contribution in [0.25, 0.3) is 0 Å². The maximum Gasteiger partial charge on any atom is 0.407 e. The predicted molar refractivity (Wildman–Crippen MR) is 55.3 cm³/mol. The number of hydrogen-bond donors (Lipinski definition) is 2. The van der Waals surface area contributed by atoms with Gasteiger partial charge in [0.15, 0.2) is 0 Å². The third-order valence-corrected chi connectivity index (χ3v) is 2.33. The van der Waals surface area contributed by atoms with Crippen molar-refractivity contribution in [1.82, 2.24) is 10.6 Å². The standard InChI is InChI=1S/C10H20N2O2/c1-4-5-10(2,3)12-9(13)14-8-6-11-7-8/h8,11H,4-7H2,1-3H3,(H,12,13). The summed E-state index contributed by atoms with van der Waals surface area (Å²) in [6, 6.07) is 0. The molecule has 0 aromatic heterocycles. The molecule has 82 valence electrons. The van der Waals surface area contributed by atoms with Gasteiger partial charge in [0.2, 0.25) is 0 Å². The van der Waals surface area contributed by atoms with Crippen LogP contribution in [0.5, 0.6) is 0 Å². The van der Waals surface area contributed by atoms with Crippen molar-refractivity contribution < 1.29 is 9.53 Å². The van der Waals surface area contributed by atoms with Crippen molar-refractivity contribution in [3.63, 3.8) is 0 Å². The molecule has 14 heavy (non-hydrogen) atoms. The molecule has 0 atom stereocenters. The smallest absolute Gasteiger partial charge is 0.407 e. The molecule has 0 aromatic carbocycles. The van der Waals surface area contributed by atoms with E-state index < -0.39 is 0 Å². The zero-order chi connectivity index (χ0) is 10.6. The predicted octanol–water partition coefficient (Wildman–Crippen LogP) is 1.26. The Kier molecular flexibility index (Phi) is 3.75. The number of alkyl carbamates (subject to hydrolysis) is 1. The first-order chi connectivity index (χ1) is 6.53. The molecule has 1 aliphatic rings. The SMILES string of the molecule is CCCC(C)(C)NC(=O)OC1CNC1. The lowest BCUT2D eigenvalue weighted by atomic mass is 9.99. The van der Waals surface area contributed by atoms with Crippen LogP contribution in [-0.2, 0) is 4.74 Å². The molecular weight excluding hydrogens is 180 g/mol. The number of ether oxygens (including phenoxy) is 1. The highest BCUT2D eigenvalue weighted by Crippen LogP contribution is 2.11. The zero-order valence-corrected chi connectivity index (χ0v) is 9.22. The van der Waals surface area contributed by atoms with Crippen molar-refractivity contribution in [3.05, 3.63) is 0 Å². The van der Waals surface area contributed by atoms with Gasteiger partial charge >= 0.3 is 6.09 Å². The molecule has 1 heterocycles. The quantitative estimate of drug-likeness (QED) is 0.718. The number of amides is 1. The molecule has 0 spiro atoms. The lowest BCUT2D eigenvalue weighted by Gasteiger charge is -2.30. The van der Waals surface area contributed by atoms with Crippen molar-refractivity contribution in [1.29, 1.82) is 0 Å². The van der Waals surface area contributed by atoms with Gasteiger partial charge in [-0.05, 0) is 20.3 Å². The molecule has 0 bridgehead atoms. The number of carbonyl (C=O) groups is 1. The Morgan fingerprint density at radius 1 is 1.57 bits per heavy atom. The number of carbonyl (C=O) groups excluding carboxylic acids is 1. The molecule has 1 amide bonds. The second-order valence-corrected chi connectivity index (χ2v) is 4.44. The minimum absolute atomic E-state index is 0.0624. The van der Waals surface area contributed by atoms with E-state index in [4.69, 9.17) is 4.74 Å². The first-order valence-electron chi connectivity index (χ1n) is 5.23. The Bertz CT molecular complexity index is 200. The molecule has 1 fully saturated rings. The summed E-state index contributed by atoms with van der Waals surface area (Å²) < 4.78 is 5.16. The molecule has 4 heteroatoms. The first-order valence-corrected chi connectivity index (χ1v) is 5.23. The molecule has 0 radical (unpaired) electrons. The van der Waals surface area contributed by atoms with Gasteiger partial charge in [0, 0.05) is 18.6 Å². The van der Waals surface area contributed by atoms with Gasteiger partial charge in [0.25, 0.3) is 0 Å². The van der Waals surface area contributed by atoms with Crippen LogP contribution >= 0.6 is 0 Å². The molecule has 1 aliphatic heterocycles. The Morgan fingerprint density at radius 2 is 2.21 bits per heavy atom. The van der Waals surface area contributed by atoms with Gasteiger partial charge in [-0.15, -0.1) is 0 Å². The summed E-state index contributed by atoms with van der Waals surface area (Å²) in [6.07, 6.45) is 1.78. The molecule has 0 aliphatic carbocycles. The first kappa shape index (κ1) is 11.3. The number of nitrogens with one attached hydrogen (secondary N) is 2. The maximum atomic E-state index is 11.4. The van der Waals surface area contributed by atoms with Gasteiger partial charge < -0.3 is 15.4 Å². The number of hydrogen-bond acceptors (Lipinski definition) is 3. The van der Waals surface area contributed by atoms with Crippen molar-refractivity contribution in [2.24, 2.45) is 0 Å². The molecule has 0 saturated carbocycles. The summed E-state index contributed by atoms with van der Waals surface area (Å²) in [4.78, 5) is 11.4. The molecule has 1 rings (SSSR count). The molecule has 1 saturated heterocycles. The van der Waals surface area contributed by atoms with Gasteiger partial charge in [-0.2, -0.15) is 0 Å². The topological polar surface area (TPSA) is 50.4 Å².